The third-order valence-corrected chi connectivity index (χ3v) is 9.62. The highest BCUT2D eigenvalue weighted by molar-refractivity contribution is 7.98. The van der Waals surface area contributed by atoms with E-state index in [9.17, 15) is 43.8 Å². The van der Waals surface area contributed by atoms with Gasteiger partial charge in [0.25, 0.3) is 0 Å². The average Bonchev–Trinajstić information content (AvgIpc) is 3.12. The Bertz CT molecular complexity index is 1330. The molecular formula is C36H68N10O9S. The van der Waals surface area contributed by atoms with Crippen molar-refractivity contribution in [2.24, 2.45) is 45.9 Å². The fourth-order valence-electron chi connectivity index (χ4n) is 5.36. The average molecular weight is 817 g/mol. The number of carbonyl (C=O) groups excluding carboxylic acids is 6. The Morgan fingerprint density at radius 1 is 0.661 bits per heavy atom. The van der Waals surface area contributed by atoms with Crippen LogP contribution < -0.4 is 49.1 Å². The van der Waals surface area contributed by atoms with Crippen LogP contribution in [0.5, 0.6) is 0 Å². The van der Waals surface area contributed by atoms with Crippen molar-refractivity contribution in [1.29, 1.82) is 0 Å². The van der Waals surface area contributed by atoms with Gasteiger partial charge >= 0.3 is 5.97 Å². The Morgan fingerprint density at radius 2 is 1.14 bits per heavy atom. The van der Waals surface area contributed by atoms with Crippen LogP contribution in [0.1, 0.15) is 87.5 Å². The van der Waals surface area contributed by atoms with Gasteiger partial charge in [-0.15, -0.1) is 0 Å². The molecule has 0 aromatic heterocycles. The summed E-state index contributed by atoms with van der Waals surface area (Å²) in [5.41, 5.74) is 16.9. The van der Waals surface area contributed by atoms with Crippen molar-refractivity contribution in [1.82, 2.24) is 31.9 Å². The molecule has 0 spiro atoms. The number of carbonyl (C=O) groups is 7. The number of carboxylic acids is 1. The zero-order valence-corrected chi connectivity index (χ0v) is 35.2. The van der Waals surface area contributed by atoms with Gasteiger partial charge in [-0.25, -0.2) is 4.79 Å². The third-order valence-electron chi connectivity index (χ3n) is 8.97. The van der Waals surface area contributed by atoms with Crippen LogP contribution in [0.15, 0.2) is 4.99 Å². The summed E-state index contributed by atoms with van der Waals surface area (Å²) in [6.07, 6.45) is 3.27. The summed E-state index contributed by atoms with van der Waals surface area (Å²) in [7, 11) is 0. The number of hydrogen-bond acceptors (Lipinski definition) is 11. The monoisotopic (exact) mass is 816 g/mol. The second-order valence-electron chi connectivity index (χ2n) is 15.0. The Balaban J connectivity index is 6.19. The number of nitrogens with one attached hydrogen (secondary N) is 6. The molecule has 0 saturated heterocycles. The largest absolute Gasteiger partial charge is 0.480 e. The fraction of sp³-hybridized carbons (Fsp3) is 0.778. The summed E-state index contributed by atoms with van der Waals surface area (Å²) < 4.78 is 0. The van der Waals surface area contributed by atoms with Crippen molar-refractivity contribution in [3.8, 4) is 0 Å². The number of aliphatic hydroxyl groups is 1. The molecule has 20 heteroatoms. The van der Waals surface area contributed by atoms with Gasteiger partial charge in [-0.05, 0) is 61.4 Å². The molecule has 8 atom stereocenters. The van der Waals surface area contributed by atoms with E-state index < -0.39 is 108 Å². The number of hydrogen-bond donors (Lipinski definition) is 11. The van der Waals surface area contributed by atoms with Gasteiger partial charge in [-0.1, -0.05) is 61.8 Å². The molecule has 0 aliphatic rings. The first kappa shape index (κ1) is 51.8. The molecule has 0 aromatic rings. The number of carboxylic acid groups (broad SMARTS) is 1. The van der Waals surface area contributed by atoms with Crippen LogP contribution in [-0.2, 0) is 33.6 Å². The first-order valence-electron chi connectivity index (χ1n) is 19.1. The summed E-state index contributed by atoms with van der Waals surface area (Å²) in [6.45, 7) is 13.0. The second kappa shape index (κ2) is 26.6. The van der Waals surface area contributed by atoms with Crippen LogP contribution in [0.4, 0.5) is 0 Å². The molecule has 0 bridgehead atoms. The van der Waals surface area contributed by atoms with Gasteiger partial charge in [-0.3, -0.25) is 33.8 Å². The van der Waals surface area contributed by atoms with E-state index in [1.165, 1.54) is 11.8 Å². The Kier molecular flexibility index (Phi) is 24.7. The number of nitrogens with two attached hydrogens (primary N) is 3. The quantitative estimate of drug-likeness (QED) is 0.0256. The first-order valence-corrected chi connectivity index (χ1v) is 20.5. The molecule has 0 aliphatic heterocycles. The van der Waals surface area contributed by atoms with Crippen LogP contribution in [0.25, 0.3) is 0 Å². The lowest BCUT2D eigenvalue weighted by Gasteiger charge is -2.30. The first-order chi connectivity index (χ1) is 26.1. The zero-order valence-electron chi connectivity index (χ0n) is 34.3. The van der Waals surface area contributed by atoms with Crippen molar-refractivity contribution in [2.75, 3.05) is 25.2 Å². The number of rotatable bonds is 27. The van der Waals surface area contributed by atoms with Crippen LogP contribution in [0.3, 0.4) is 0 Å². The fourth-order valence-corrected chi connectivity index (χ4v) is 5.85. The summed E-state index contributed by atoms with van der Waals surface area (Å²) in [5, 5.41) is 35.1. The molecule has 0 unspecified atom stereocenters. The van der Waals surface area contributed by atoms with Gasteiger partial charge in [-0.2, -0.15) is 11.8 Å². The van der Waals surface area contributed by atoms with Crippen LogP contribution >= 0.6 is 11.8 Å². The van der Waals surface area contributed by atoms with Crippen molar-refractivity contribution >= 4 is 59.1 Å². The normalized spacial score (nSPS) is 15.6. The number of aliphatic imine (C=N–C) groups is 1. The lowest BCUT2D eigenvalue weighted by atomic mass is 9.96. The van der Waals surface area contributed by atoms with Crippen molar-refractivity contribution < 1.29 is 43.8 Å². The van der Waals surface area contributed by atoms with Gasteiger partial charge in [0, 0.05) is 6.54 Å². The molecule has 0 heterocycles. The molecule has 56 heavy (non-hydrogen) atoms. The molecule has 0 radical (unpaired) electrons. The predicted octanol–water partition coefficient (Wildman–Crippen LogP) is -1.49. The van der Waals surface area contributed by atoms with E-state index in [1.54, 1.807) is 41.5 Å². The van der Waals surface area contributed by atoms with Gasteiger partial charge in [0.1, 0.15) is 36.3 Å². The minimum atomic E-state index is -1.54. The van der Waals surface area contributed by atoms with E-state index in [0.717, 1.165) is 0 Å². The van der Waals surface area contributed by atoms with Crippen molar-refractivity contribution in [2.45, 2.75) is 130 Å². The Hall–Kier alpha value is -4.17. The molecule has 0 aromatic carbocycles. The second-order valence-corrected chi connectivity index (χ2v) is 16.0. The minimum absolute atomic E-state index is 0.100. The number of thioether (sulfide) groups is 1. The SMILES string of the molecule is CC[C@H](C)[C@H](NC(=O)[C@H](CC(C)C)NC(=O)[C@H](CCCN=C(N)N)NC(=O)[C@@H](N)CCSC)C(=O)N[C@@H](CO)C(=O)N[C@H](C(=O)N[C@H](C(=O)O)C(C)C)C(C)C. The Morgan fingerprint density at radius 3 is 1.62 bits per heavy atom. The van der Waals surface area contributed by atoms with E-state index in [1.807, 2.05) is 20.1 Å². The molecule has 19 nitrogen and oxygen atoms in total. The molecule has 0 aliphatic carbocycles. The van der Waals surface area contributed by atoms with E-state index >= 15 is 0 Å². The number of nitrogens with zero attached hydrogens (tertiary/aromatic N) is 1. The maximum absolute atomic E-state index is 13.8. The smallest absolute Gasteiger partial charge is 0.326 e. The number of aliphatic carboxylic acids is 1. The lowest BCUT2D eigenvalue weighted by molar-refractivity contribution is -0.144. The number of aliphatic hydroxyl groups excluding tert-OH is 1. The van der Waals surface area contributed by atoms with Crippen LogP contribution in [0.2, 0.25) is 0 Å². The van der Waals surface area contributed by atoms with E-state index in [-0.39, 0.29) is 31.3 Å². The number of amides is 6. The maximum atomic E-state index is 13.8. The van der Waals surface area contributed by atoms with Crippen LogP contribution in [-0.4, -0.2) is 125 Å². The van der Waals surface area contributed by atoms with E-state index in [0.29, 0.717) is 25.0 Å². The highest BCUT2D eigenvalue weighted by Gasteiger charge is 2.36. The topological polar surface area (TPSA) is 323 Å². The van der Waals surface area contributed by atoms with Gasteiger partial charge in [0.2, 0.25) is 35.4 Å². The number of guanidine groups is 1. The molecule has 14 N–H and O–H groups in total. The maximum Gasteiger partial charge on any atom is 0.326 e. The molecule has 322 valence electrons. The molecule has 0 fully saturated rings. The van der Waals surface area contributed by atoms with Gasteiger partial charge in [0.15, 0.2) is 5.96 Å². The van der Waals surface area contributed by atoms with Gasteiger partial charge in [0.05, 0.1) is 12.6 Å². The van der Waals surface area contributed by atoms with Crippen LogP contribution in [0, 0.1) is 23.7 Å². The zero-order chi connectivity index (χ0) is 43.3. The highest BCUT2D eigenvalue weighted by Crippen LogP contribution is 2.13. The molecular weight excluding hydrogens is 749 g/mol. The van der Waals surface area contributed by atoms with Crippen molar-refractivity contribution in [3.63, 3.8) is 0 Å². The lowest BCUT2D eigenvalue weighted by Crippen LogP contribution is -2.62. The van der Waals surface area contributed by atoms with E-state index in [2.05, 4.69) is 36.9 Å². The highest BCUT2D eigenvalue weighted by atomic mass is 32.2. The predicted molar refractivity (Wildman–Crippen MR) is 216 cm³/mol. The summed E-state index contributed by atoms with van der Waals surface area (Å²) >= 11 is 1.52. The molecule has 0 saturated carbocycles. The van der Waals surface area contributed by atoms with Gasteiger partial charge < -0.3 is 59.3 Å². The third kappa shape index (κ3) is 19.1. The molecule has 0 rings (SSSR count). The summed E-state index contributed by atoms with van der Waals surface area (Å²) in [5.74, 6) is -6.66. The summed E-state index contributed by atoms with van der Waals surface area (Å²) in [4.78, 5) is 96.0. The summed E-state index contributed by atoms with van der Waals surface area (Å²) in [6, 6.07) is -8.29. The molecule has 6 amide bonds. The standard InChI is InChI=1S/C36H68N10O9S/c1-10-21(8)28(34(53)43-25(17-47)32(51)44-26(19(4)5)33(52)45-27(20(6)7)35(54)55)46-31(50)24(16-18(2)3)42-30(49)23(12-11-14-40-36(38)39)41-29(48)22(37)13-15-56-9/h18-28,47H,10-17,37H2,1-9H3,(H,41,48)(H,42,49)(H,43,53)(H,44,51)(H,45,52)(H,46,50)(H,54,55)(H4,38,39,40)/t21-,22-,23-,24-,25-,26-,27-,28-/m0/s1. The van der Waals surface area contributed by atoms with Crippen molar-refractivity contribution in [3.05, 3.63) is 0 Å². The Labute approximate surface area is 335 Å². The van der Waals surface area contributed by atoms with E-state index in [4.69, 9.17) is 17.2 Å². The minimum Gasteiger partial charge on any atom is -0.480 e.